The Bertz CT molecular complexity index is 1650. The van der Waals surface area contributed by atoms with Crippen molar-refractivity contribution in [2.24, 2.45) is 5.10 Å². The Labute approximate surface area is 247 Å². The number of hydrogen-bond donors (Lipinski definition) is 1. The van der Waals surface area contributed by atoms with Crippen LogP contribution < -0.4 is 14.5 Å². The molecule has 0 aliphatic carbocycles. The third kappa shape index (κ3) is 6.57. The molecule has 4 aromatic rings. The minimum Gasteiger partial charge on any atom is -0.492 e. The van der Waals surface area contributed by atoms with E-state index in [1.165, 1.54) is 24.3 Å². The maximum absolute atomic E-state index is 13.7. The summed E-state index contributed by atoms with van der Waals surface area (Å²) < 4.78 is 37.1. The normalized spacial score (nSPS) is 11.5. The number of hydrazone groups is 1. The van der Waals surface area contributed by atoms with Crippen LogP contribution in [0.4, 0.5) is 5.69 Å². The average molecular weight is 644 g/mol. The second kappa shape index (κ2) is 12.7. The molecule has 0 radical (unpaired) electrons. The molecule has 1 aromatic heterocycles. The number of amides is 1. The van der Waals surface area contributed by atoms with E-state index in [9.17, 15) is 13.2 Å². The van der Waals surface area contributed by atoms with Crippen LogP contribution in [-0.4, -0.2) is 38.3 Å². The van der Waals surface area contributed by atoms with Gasteiger partial charge in [0.1, 0.15) is 12.3 Å². The fourth-order valence-corrected chi connectivity index (χ4v) is 6.19. The Balaban J connectivity index is 1.59. The van der Waals surface area contributed by atoms with E-state index < -0.39 is 22.5 Å². The molecule has 208 valence electrons. The van der Waals surface area contributed by atoms with Crippen molar-refractivity contribution in [3.63, 3.8) is 0 Å². The lowest BCUT2D eigenvalue weighted by atomic mass is 10.2. The highest BCUT2D eigenvalue weighted by Crippen LogP contribution is 2.32. The zero-order valence-electron chi connectivity index (χ0n) is 22.1. The summed E-state index contributed by atoms with van der Waals surface area (Å²) in [6, 6.07) is 22.3. The number of ether oxygens (including phenoxy) is 1. The SMILES string of the molecule is CCOc1ccccc1N(CC(=O)N/N=C\c1cc(C)n(-c2cccc(Br)c2)c1C)S(=O)(=O)c1ccc(Cl)cc1. The summed E-state index contributed by atoms with van der Waals surface area (Å²) in [4.78, 5) is 13.0. The quantitative estimate of drug-likeness (QED) is 0.163. The molecule has 11 heteroatoms. The number of aromatic nitrogens is 1. The first-order chi connectivity index (χ1) is 19.1. The molecule has 4 rings (SSSR count). The third-order valence-electron chi connectivity index (χ3n) is 6.05. The molecule has 1 heterocycles. The molecule has 0 bridgehead atoms. The van der Waals surface area contributed by atoms with Gasteiger partial charge in [-0.25, -0.2) is 13.8 Å². The maximum atomic E-state index is 13.7. The Morgan fingerprint density at radius 2 is 1.80 bits per heavy atom. The van der Waals surface area contributed by atoms with Crippen LogP contribution in [0.25, 0.3) is 5.69 Å². The second-order valence-corrected chi connectivity index (χ2v) is 12.0. The van der Waals surface area contributed by atoms with Gasteiger partial charge in [0.25, 0.3) is 15.9 Å². The molecule has 0 spiro atoms. The van der Waals surface area contributed by atoms with E-state index in [0.717, 1.165) is 31.4 Å². The van der Waals surface area contributed by atoms with E-state index >= 15 is 0 Å². The number of carbonyl (C=O) groups is 1. The average Bonchev–Trinajstić information content (AvgIpc) is 3.20. The first-order valence-electron chi connectivity index (χ1n) is 12.4. The van der Waals surface area contributed by atoms with Gasteiger partial charge in [-0.3, -0.25) is 9.10 Å². The van der Waals surface area contributed by atoms with Crippen LogP contribution in [0.1, 0.15) is 23.9 Å². The van der Waals surface area contributed by atoms with Gasteiger partial charge in [0, 0.05) is 32.1 Å². The van der Waals surface area contributed by atoms with Crippen LogP contribution in [0, 0.1) is 13.8 Å². The number of rotatable bonds is 10. The Hall–Kier alpha value is -3.60. The maximum Gasteiger partial charge on any atom is 0.264 e. The van der Waals surface area contributed by atoms with Gasteiger partial charge in [0.2, 0.25) is 0 Å². The first kappa shape index (κ1) is 29.4. The van der Waals surface area contributed by atoms with E-state index in [1.807, 2.05) is 44.2 Å². The van der Waals surface area contributed by atoms with Crippen LogP contribution in [-0.2, 0) is 14.8 Å². The van der Waals surface area contributed by atoms with Crippen molar-refractivity contribution < 1.29 is 17.9 Å². The lowest BCUT2D eigenvalue weighted by molar-refractivity contribution is -0.119. The summed E-state index contributed by atoms with van der Waals surface area (Å²) in [5.41, 5.74) is 6.43. The number of anilines is 1. The number of halogens is 2. The predicted molar refractivity (Wildman–Crippen MR) is 162 cm³/mol. The van der Waals surface area contributed by atoms with E-state index in [1.54, 1.807) is 37.4 Å². The van der Waals surface area contributed by atoms with Crippen molar-refractivity contribution in [1.29, 1.82) is 0 Å². The van der Waals surface area contributed by atoms with Crippen LogP contribution in [0.5, 0.6) is 5.75 Å². The van der Waals surface area contributed by atoms with Crippen molar-refractivity contribution >= 4 is 55.4 Å². The van der Waals surface area contributed by atoms with Gasteiger partial charge in [-0.15, -0.1) is 0 Å². The number of benzene rings is 3. The molecule has 1 N–H and O–H groups in total. The molecule has 0 saturated carbocycles. The summed E-state index contributed by atoms with van der Waals surface area (Å²) in [6.45, 7) is 5.54. The number of nitrogens with one attached hydrogen (secondary N) is 1. The van der Waals surface area contributed by atoms with E-state index in [-0.39, 0.29) is 10.6 Å². The van der Waals surface area contributed by atoms with E-state index in [4.69, 9.17) is 16.3 Å². The fourth-order valence-electron chi connectivity index (χ4n) is 4.24. The molecule has 0 aliphatic rings. The standard InChI is InChI=1S/C29H28BrClN4O4S/c1-4-39-28-11-6-5-10-27(28)34(40(37,38)26-14-12-24(31)13-15-26)19-29(36)33-32-18-22-16-20(2)35(21(22)3)25-9-7-8-23(30)17-25/h5-18H,4,19H2,1-3H3,(H,33,36)/b32-18-. The number of aryl methyl sites for hydroxylation is 1. The van der Waals surface area contributed by atoms with E-state index in [2.05, 4.69) is 31.0 Å². The highest BCUT2D eigenvalue weighted by Gasteiger charge is 2.29. The molecule has 0 saturated heterocycles. The molecule has 3 aromatic carbocycles. The molecule has 0 fully saturated rings. The van der Waals surface area contributed by atoms with Gasteiger partial charge in [-0.1, -0.05) is 45.7 Å². The largest absolute Gasteiger partial charge is 0.492 e. The summed E-state index contributed by atoms with van der Waals surface area (Å²) >= 11 is 9.48. The van der Waals surface area contributed by atoms with Crippen molar-refractivity contribution in [3.05, 3.63) is 105 Å². The van der Waals surface area contributed by atoms with Gasteiger partial charge >= 0.3 is 0 Å². The topological polar surface area (TPSA) is 93.0 Å². The van der Waals surface area contributed by atoms with Crippen LogP contribution in [0.3, 0.4) is 0 Å². The Kier molecular flexibility index (Phi) is 9.34. The highest BCUT2D eigenvalue weighted by atomic mass is 79.9. The minimum absolute atomic E-state index is 0.0144. The van der Waals surface area contributed by atoms with Crippen molar-refractivity contribution in [2.45, 2.75) is 25.7 Å². The Morgan fingerprint density at radius 1 is 1.07 bits per heavy atom. The molecule has 0 atom stereocenters. The fraction of sp³-hybridized carbons (Fsp3) is 0.172. The van der Waals surface area contributed by atoms with Crippen molar-refractivity contribution in [2.75, 3.05) is 17.5 Å². The number of carbonyl (C=O) groups excluding carboxylic acids is 1. The summed E-state index contributed by atoms with van der Waals surface area (Å²) in [5, 5.41) is 4.52. The van der Waals surface area contributed by atoms with Gasteiger partial charge < -0.3 is 9.30 Å². The van der Waals surface area contributed by atoms with Crippen LogP contribution >= 0.6 is 27.5 Å². The minimum atomic E-state index is -4.15. The van der Waals surface area contributed by atoms with Crippen molar-refractivity contribution in [3.8, 4) is 11.4 Å². The van der Waals surface area contributed by atoms with Crippen LogP contribution in [0.15, 0.2) is 93.3 Å². The summed E-state index contributed by atoms with van der Waals surface area (Å²) in [5.74, 6) is -0.292. The van der Waals surface area contributed by atoms with Gasteiger partial charge in [-0.2, -0.15) is 5.10 Å². The summed E-state index contributed by atoms with van der Waals surface area (Å²) in [6.07, 6.45) is 1.54. The molecular weight excluding hydrogens is 616 g/mol. The molecule has 40 heavy (non-hydrogen) atoms. The molecule has 0 unspecified atom stereocenters. The number of sulfonamides is 1. The monoisotopic (exact) mass is 642 g/mol. The van der Waals surface area contributed by atoms with E-state index in [0.29, 0.717) is 17.4 Å². The number of nitrogens with zero attached hydrogens (tertiary/aromatic N) is 3. The van der Waals surface area contributed by atoms with Gasteiger partial charge in [0.05, 0.1) is 23.4 Å². The number of hydrogen-bond acceptors (Lipinski definition) is 5. The molecular formula is C29H28BrClN4O4S. The van der Waals surface area contributed by atoms with Crippen LogP contribution in [0.2, 0.25) is 5.02 Å². The third-order valence-corrected chi connectivity index (χ3v) is 8.57. The lowest BCUT2D eigenvalue weighted by Gasteiger charge is -2.25. The van der Waals surface area contributed by atoms with Crippen molar-refractivity contribution in [1.82, 2.24) is 9.99 Å². The zero-order valence-corrected chi connectivity index (χ0v) is 25.3. The Morgan fingerprint density at radius 3 is 2.50 bits per heavy atom. The first-order valence-corrected chi connectivity index (χ1v) is 15.0. The smallest absolute Gasteiger partial charge is 0.264 e. The predicted octanol–water partition coefficient (Wildman–Crippen LogP) is 6.25. The second-order valence-electron chi connectivity index (χ2n) is 8.80. The van der Waals surface area contributed by atoms with Gasteiger partial charge in [0.15, 0.2) is 0 Å². The molecule has 1 amide bonds. The zero-order chi connectivity index (χ0) is 28.9. The van der Waals surface area contributed by atoms with Gasteiger partial charge in [-0.05, 0) is 81.4 Å². The number of para-hydroxylation sites is 2. The molecule has 0 aliphatic heterocycles. The summed E-state index contributed by atoms with van der Waals surface area (Å²) in [7, 11) is -4.15. The molecule has 8 nitrogen and oxygen atoms in total. The lowest BCUT2D eigenvalue weighted by Crippen LogP contribution is -2.39. The highest BCUT2D eigenvalue weighted by molar-refractivity contribution is 9.10.